The first-order valence-corrected chi connectivity index (χ1v) is 10.9. The second-order valence-corrected chi connectivity index (χ2v) is 8.86. The van der Waals surface area contributed by atoms with Gasteiger partial charge in [0.15, 0.2) is 0 Å². The highest BCUT2D eigenvalue weighted by atomic mass is 79.9. The van der Waals surface area contributed by atoms with Gasteiger partial charge in [0.1, 0.15) is 0 Å². The van der Waals surface area contributed by atoms with Gasteiger partial charge < -0.3 is 9.47 Å². The van der Waals surface area contributed by atoms with Crippen LogP contribution < -0.4 is 0 Å². The summed E-state index contributed by atoms with van der Waals surface area (Å²) in [6, 6.07) is 1.38. The van der Waals surface area contributed by atoms with Crippen molar-refractivity contribution in [3.63, 3.8) is 0 Å². The van der Waals surface area contributed by atoms with E-state index >= 15 is 0 Å². The molecule has 0 amide bonds. The number of alkyl halides is 1. The highest BCUT2D eigenvalue weighted by Crippen LogP contribution is 2.34. The van der Waals surface area contributed by atoms with Crippen molar-refractivity contribution >= 4 is 25.4 Å². The van der Waals surface area contributed by atoms with Crippen molar-refractivity contribution in [2.45, 2.75) is 76.2 Å². The normalized spacial score (nSPS) is 28.3. The van der Waals surface area contributed by atoms with Crippen LogP contribution in [0.15, 0.2) is 0 Å². The Kier molecular flexibility index (Phi) is 9.63. The second-order valence-electron chi connectivity index (χ2n) is 5.66. The van der Waals surface area contributed by atoms with Crippen molar-refractivity contribution in [3.8, 4) is 0 Å². The molecular formula is C15H31BrO2Si. The van der Waals surface area contributed by atoms with E-state index < -0.39 is 0 Å². The van der Waals surface area contributed by atoms with E-state index in [9.17, 15) is 0 Å². The maximum atomic E-state index is 6.40. The first kappa shape index (κ1) is 17.7. The van der Waals surface area contributed by atoms with Crippen molar-refractivity contribution in [2.75, 3.05) is 18.5 Å². The molecule has 2 unspecified atom stereocenters. The molecule has 0 aromatic heterocycles. The fourth-order valence-electron chi connectivity index (χ4n) is 3.02. The van der Waals surface area contributed by atoms with E-state index in [4.69, 9.17) is 9.47 Å². The molecule has 0 heterocycles. The number of ether oxygens (including phenoxy) is 2. The van der Waals surface area contributed by atoms with Crippen molar-refractivity contribution in [1.29, 1.82) is 0 Å². The predicted molar refractivity (Wildman–Crippen MR) is 89.2 cm³/mol. The monoisotopic (exact) mass is 350 g/mol. The zero-order valence-corrected chi connectivity index (χ0v) is 15.8. The number of rotatable bonds is 10. The van der Waals surface area contributed by atoms with E-state index in [-0.39, 0.29) is 14.7 Å². The van der Waals surface area contributed by atoms with Crippen LogP contribution >= 0.6 is 15.9 Å². The van der Waals surface area contributed by atoms with Gasteiger partial charge in [0.25, 0.3) is 0 Å². The molecular weight excluding hydrogens is 320 g/mol. The Morgan fingerprint density at radius 1 is 1.21 bits per heavy atom. The van der Waals surface area contributed by atoms with E-state index in [2.05, 4.69) is 29.8 Å². The second kappa shape index (κ2) is 10.4. The molecule has 114 valence electrons. The molecule has 0 radical (unpaired) electrons. The average molecular weight is 351 g/mol. The van der Waals surface area contributed by atoms with Crippen molar-refractivity contribution in [1.82, 2.24) is 0 Å². The molecule has 1 saturated carbocycles. The lowest BCUT2D eigenvalue weighted by molar-refractivity contribution is -0.120. The van der Waals surface area contributed by atoms with E-state index in [0.717, 1.165) is 31.4 Å². The summed E-state index contributed by atoms with van der Waals surface area (Å²) in [6.45, 7) is 6.21. The SMILES string of the molecule is CCCOC1CCCCC1(OCCC)[SiH2]CCCBr. The van der Waals surface area contributed by atoms with E-state index in [0.29, 0.717) is 6.10 Å². The Hall–Kier alpha value is 0.617. The van der Waals surface area contributed by atoms with Gasteiger partial charge in [-0.2, -0.15) is 0 Å². The summed E-state index contributed by atoms with van der Waals surface area (Å²) in [4.78, 5) is 0. The Morgan fingerprint density at radius 3 is 2.68 bits per heavy atom. The zero-order valence-electron chi connectivity index (χ0n) is 12.8. The summed E-state index contributed by atoms with van der Waals surface area (Å²) in [7, 11) is -0.225. The molecule has 1 aliphatic rings. The van der Waals surface area contributed by atoms with Gasteiger partial charge in [-0.1, -0.05) is 48.7 Å². The minimum atomic E-state index is -0.225. The highest BCUT2D eigenvalue weighted by Gasteiger charge is 2.41. The van der Waals surface area contributed by atoms with Crippen LogP contribution in [0.2, 0.25) is 6.04 Å². The van der Waals surface area contributed by atoms with Crippen LogP contribution in [0.5, 0.6) is 0 Å². The van der Waals surface area contributed by atoms with Crippen LogP contribution in [0.25, 0.3) is 0 Å². The van der Waals surface area contributed by atoms with Crippen LogP contribution in [0, 0.1) is 0 Å². The summed E-state index contributed by atoms with van der Waals surface area (Å²) in [5.41, 5.74) is 0. The molecule has 0 aliphatic heterocycles. The van der Waals surface area contributed by atoms with Crippen LogP contribution in [0.3, 0.4) is 0 Å². The molecule has 1 aliphatic carbocycles. The molecule has 1 fully saturated rings. The maximum absolute atomic E-state index is 6.40. The number of hydrogen-bond donors (Lipinski definition) is 0. The van der Waals surface area contributed by atoms with Crippen LogP contribution in [0.4, 0.5) is 0 Å². The van der Waals surface area contributed by atoms with Gasteiger partial charge in [0.2, 0.25) is 0 Å². The Bertz CT molecular complexity index is 228. The van der Waals surface area contributed by atoms with Crippen molar-refractivity contribution in [2.24, 2.45) is 0 Å². The van der Waals surface area contributed by atoms with E-state index in [1.165, 1.54) is 38.1 Å². The summed E-state index contributed by atoms with van der Waals surface area (Å²) < 4.78 is 12.6. The highest BCUT2D eigenvalue weighted by molar-refractivity contribution is 9.09. The molecule has 4 heteroatoms. The van der Waals surface area contributed by atoms with Crippen molar-refractivity contribution in [3.05, 3.63) is 0 Å². The third-order valence-corrected chi connectivity index (χ3v) is 7.28. The summed E-state index contributed by atoms with van der Waals surface area (Å²) in [5.74, 6) is 0. The molecule has 0 aromatic rings. The molecule has 1 rings (SSSR count). The molecule has 0 bridgehead atoms. The minimum Gasteiger partial charge on any atom is -0.377 e. The number of hydrogen-bond acceptors (Lipinski definition) is 2. The minimum absolute atomic E-state index is 0.144. The van der Waals surface area contributed by atoms with Gasteiger partial charge >= 0.3 is 0 Å². The van der Waals surface area contributed by atoms with E-state index in [1.807, 2.05) is 0 Å². The summed E-state index contributed by atoms with van der Waals surface area (Å²) >= 11 is 3.55. The van der Waals surface area contributed by atoms with Gasteiger partial charge in [-0.3, -0.25) is 0 Å². The molecule has 0 aromatic carbocycles. The third kappa shape index (κ3) is 5.86. The molecule has 2 atom stereocenters. The lowest BCUT2D eigenvalue weighted by atomic mass is 9.93. The lowest BCUT2D eigenvalue weighted by Gasteiger charge is -2.44. The van der Waals surface area contributed by atoms with Crippen molar-refractivity contribution < 1.29 is 9.47 Å². The lowest BCUT2D eigenvalue weighted by Crippen LogP contribution is -2.53. The predicted octanol–water partition coefficient (Wildman–Crippen LogP) is 3.85. The van der Waals surface area contributed by atoms with Gasteiger partial charge in [0, 0.05) is 18.5 Å². The fourth-order valence-corrected chi connectivity index (χ4v) is 6.68. The smallest absolute Gasteiger partial charge is 0.0827 e. The molecule has 0 saturated heterocycles. The molecule has 2 nitrogen and oxygen atoms in total. The van der Waals surface area contributed by atoms with Gasteiger partial charge in [0.05, 0.1) is 20.8 Å². The van der Waals surface area contributed by atoms with Crippen LogP contribution in [-0.2, 0) is 9.47 Å². The standard InChI is InChI=1S/C15H31BrO2Si/c1-3-11-17-14-8-5-6-9-15(14,18-12-4-2)19-13-7-10-16/h14H,3-13,19H2,1-2H3. The number of halogens is 1. The first-order valence-electron chi connectivity index (χ1n) is 8.10. The van der Waals surface area contributed by atoms with Crippen LogP contribution in [-0.4, -0.2) is 39.4 Å². The third-order valence-electron chi connectivity index (χ3n) is 4.00. The topological polar surface area (TPSA) is 18.5 Å². The van der Waals surface area contributed by atoms with E-state index in [1.54, 1.807) is 0 Å². The molecule has 19 heavy (non-hydrogen) atoms. The molecule has 0 N–H and O–H groups in total. The van der Waals surface area contributed by atoms with Gasteiger partial charge in [-0.25, -0.2) is 0 Å². The summed E-state index contributed by atoms with van der Waals surface area (Å²) in [6.07, 6.45) is 9.02. The van der Waals surface area contributed by atoms with Gasteiger partial charge in [-0.15, -0.1) is 0 Å². The zero-order chi connectivity index (χ0) is 14.0. The summed E-state index contributed by atoms with van der Waals surface area (Å²) in [5, 5.41) is 1.27. The Morgan fingerprint density at radius 2 is 2.00 bits per heavy atom. The van der Waals surface area contributed by atoms with Crippen LogP contribution in [0.1, 0.15) is 58.8 Å². The average Bonchev–Trinajstić information content (AvgIpc) is 2.44. The van der Waals surface area contributed by atoms with Gasteiger partial charge in [-0.05, 0) is 32.1 Å². The Labute approximate surface area is 130 Å². The fraction of sp³-hybridized carbons (Fsp3) is 1.00. The first-order chi connectivity index (χ1) is 9.29. The Balaban J connectivity index is 2.63. The quantitative estimate of drug-likeness (QED) is 0.338. The maximum Gasteiger partial charge on any atom is 0.0827 e. The molecule has 0 spiro atoms. The largest absolute Gasteiger partial charge is 0.377 e.